The molecular weight excluding hydrogens is 430 g/mol. The van der Waals surface area contributed by atoms with Crippen molar-refractivity contribution in [3.05, 3.63) is 77.8 Å². The number of hydrogen-bond acceptors (Lipinski definition) is 6. The highest BCUT2D eigenvalue weighted by atomic mass is 19.1. The molecule has 0 atom stereocenters. The molecule has 1 fully saturated rings. The first-order valence-corrected chi connectivity index (χ1v) is 10.4. The van der Waals surface area contributed by atoms with E-state index in [1.807, 2.05) is 6.07 Å². The van der Waals surface area contributed by atoms with E-state index < -0.39 is 23.4 Å². The Morgan fingerprint density at radius 1 is 0.879 bits per heavy atom. The molecule has 1 aromatic carbocycles. The van der Waals surface area contributed by atoms with Crippen LogP contribution in [-0.4, -0.2) is 48.0 Å². The van der Waals surface area contributed by atoms with Crippen molar-refractivity contribution < 1.29 is 18.4 Å². The Labute approximate surface area is 189 Å². The minimum absolute atomic E-state index is 0.0869. The van der Waals surface area contributed by atoms with Crippen LogP contribution in [0.15, 0.2) is 54.9 Å². The Hall–Kier alpha value is -3.92. The predicted molar refractivity (Wildman–Crippen MR) is 120 cm³/mol. The number of pyridine rings is 2. The monoisotopic (exact) mass is 452 g/mol. The van der Waals surface area contributed by atoms with Crippen molar-refractivity contribution in [3.8, 4) is 0 Å². The molecule has 2 aromatic heterocycles. The Kier molecular flexibility index (Phi) is 6.84. The molecule has 0 unspecified atom stereocenters. The number of aromatic nitrogens is 2. The third kappa shape index (κ3) is 5.66. The van der Waals surface area contributed by atoms with Crippen molar-refractivity contribution in [2.75, 3.05) is 41.7 Å². The fourth-order valence-electron chi connectivity index (χ4n) is 3.44. The number of nitrogens with one attached hydrogen (secondary N) is 3. The average molecular weight is 452 g/mol. The largest absolute Gasteiger partial charge is 0.369 e. The zero-order chi connectivity index (χ0) is 23.2. The number of hydrogen-bond donors (Lipinski definition) is 3. The summed E-state index contributed by atoms with van der Waals surface area (Å²) >= 11 is 0. The van der Waals surface area contributed by atoms with Crippen molar-refractivity contribution in [1.82, 2.24) is 15.3 Å². The molecule has 1 aliphatic rings. The second-order valence-corrected chi connectivity index (χ2v) is 7.45. The summed E-state index contributed by atoms with van der Waals surface area (Å²) in [6, 6.07) is 9.26. The maximum absolute atomic E-state index is 13.8. The summed E-state index contributed by atoms with van der Waals surface area (Å²) < 4.78 is 26.9. The number of anilines is 3. The zero-order valence-electron chi connectivity index (χ0n) is 17.6. The molecule has 0 radical (unpaired) electrons. The number of carbonyl (C=O) groups is 2. The molecule has 33 heavy (non-hydrogen) atoms. The fraction of sp³-hybridized carbons (Fsp3) is 0.217. The number of rotatable bonds is 5. The molecule has 3 aromatic rings. The molecule has 1 saturated heterocycles. The molecule has 0 aliphatic carbocycles. The normalized spacial score (nSPS) is 13.8. The second kappa shape index (κ2) is 10.1. The summed E-state index contributed by atoms with van der Waals surface area (Å²) in [4.78, 5) is 35.6. The van der Waals surface area contributed by atoms with Gasteiger partial charge in [-0.1, -0.05) is 0 Å². The zero-order valence-corrected chi connectivity index (χ0v) is 17.6. The first-order valence-electron chi connectivity index (χ1n) is 10.4. The van der Waals surface area contributed by atoms with Crippen molar-refractivity contribution in [1.29, 1.82) is 0 Å². The van der Waals surface area contributed by atoms with Crippen molar-refractivity contribution in [3.63, 3.8) is 0 Å². The van der Waals surface area contributed by atoms with Gasteiger partial charge in [-0.2, -0.15) is 0 Å². The quantitative estimate of drug-likeness (QED) is 0.550. The van der Waals surface area contributed by atoms with Gasteiger partial charge in [0.2, 0.25) is 0 Å². The van der Waals surface area contributed by atoms with Gasteiger partial charge < -0.3 is 20.9 Å². The smallest absolute Gasteiger partial charge is 0.274 e. The van der Waals surface area contributed by atoms with Gasteiger partial charge in [-0.05, 0) is 55.4 Å². The highest BCUT2D eigenvalue weighted by molar-refractivity contribution is 6.11. The summed E-state index contributed by atoms with van der Waals surface area (Å²) in [6.45, 7) is 3.60. The van der Waals surface area contributed by atoms with Gasteiger partial charge in [0.1, 0.15) is 23.1 Å². The van der Waals surface area contributed by atoms with E-state index in [-0.39, 0.29) is 22.8 Å². The van der Waals surface area contributed by atoms with Crippen LogP contribution in [0.3, 0.4) is 0 Å². The van der Waals surface area contributed by atoms with Crippen molar-refractivity contribution >= 4 is 29.0 Å². The molecular formula is C23H22F2N6O2. The first kappa shape index (κ1) is 22.3. The minimum Gasteiger partial charge on any atom is -0.369 e. The van der Waals surface area contributed by atoms with E-state index in [9.17, 15) is 18.4 Å². The second-order valence-electron chi connectivity index (χ2n) is 7.45. The molecule has 3 N–H and O–H groups in total. The fourth-order valence-corrected chi connectivity index (χ4v) is 3.44. The summed E-state index contributed by atoms with van der Waals surface area (Å²) in [5, 5.41) is 8.39. The van der Waals surface area contributed by atoms with Crippen LogP contribution >= 0.6 is 0 Å². The Bertz CT molecular complexity index is 1130. The van der Waals surface area contributed by atoms with E-state index >= 15 is 0 Å². The standard InChI is InChI=1S/C23H22F2N6O2/c24-15-2-5-19(18(12-15)22(32)30-21-7-3-16(25)13-28-21)29-23(33)20-6-4-17(14-27-20)31-10-1-8-26-9-11-31/h2-7,12-14,26H,1,8-11H2,(H,29,33)(H,28,30,32). The predicted octanol–water partition coefficient (Wildman–Crippen LogP) is 3.06. The van der Waals surface area contributed by atoms with Gasteiger partial charge in [0, 0.05) is 19.6 Å². The molecule has 0 bridgehead atoms. The van der Waals surface area contributed by atoms with Crippen LogP contribution in [0.25, 0.3) is 0 Å². The van der Waals surface area contributed by atoms with Crippen molar-refractivity contribution in [2.24, 2.45) is 0 Å². The van der Waals surface area contributed by atoms with Crippen molar-refractivity contribution in [2.45, 2.75) is 6.42 Å². The first-order chi connectivity index (χ1) is 16.0. The number of benzene rings is 1. The molecule has 8 nitrogen and oxygen atoms in total. The van der Waals surface area contributed by atoms with Gasteiger partial charge in [0.25, 0.3) is 11.8 Å². The molecule has 0 saturated carbocycles. The van der Waals surface area contributed by atoms with E-state index in [4.69, 9.17) is 0 Å². The van der Waals surface area contributed by atoms with Crippen LogP contribution in [0.2, 0.25) is 0 Å². The lowest BCUT2D eigenvalue weighted by molar-refractivity contribution is 0.102. The highest BCUT2D eigenvalue weighted by Gasteiger charge is 2.18. The molecule has 0 spiro atoms. The third-order valence-corrected chi connectivity index (χ3v) is 5.13. The highest BCUT2D eigenvalue weighted by Crippen LogP contribution is 2.20. The van der Waals surface area contributed by atoms with Gasteiger partial charge >= 0.3 is 0 Å². The van der Waals surface area contributed by atoms with Gasteiger partial charge in [-0.15, -0.1) is 0 Å². The minimum atomic E-state index is -0.706. The van der Waals surface area contributed by atoms with Crippen LogP contribution in [0.1, 0.15) is 27.3 Å². The van der Waals surface area contributed by atoms with E-state index in [2.05, 4.69) is 30.8 Å². The average Bonchev–Trinajstić information content (AvgIpc) is 3.11. The lowest BCUT2D eigenvalue weighted by atomic mass is 10.1. The summed E-state index contributed by atoms with van der Waals surface area (Å²) in [7, 11) is 0. The van der Waals surface area contributed by atoms with Crippen LogP contribution in [-0.2, 0) is 0 Å². The van der Waals surface area contributed by atoms with Crippen LogP contribution in [0, 0.1) is 11.6 Å². The van der Waals surface area contributed by atoms with Crippen LogP contribution in [0.4, 0.5) is 26.0 Å². The maximum atomic E-state index is 13.8. The number of amides is 2. The molecule has 1 aliphatic heterocycles. The van der Waals surface area contributed by atoms with Crippen LogP contribution < -0.4 is 20.9 Å². The summed E-state index contributed by atoms with van der Waals surface area (Å²) in [6.07, 6.45) is 3.60. The molecule has 3 heterocycles. The lowest BCUT2D eigenvalue weighted by Crippen LogP contribution is -2.28. The van der Waals surface area contributed by atoms with Crippen LogP contribution in [0.5, 0.6) is 0 Å². The van der Waals surface area contributed by atoms with E-state index in [1.54, 1.807) is 12.3 Å². The topological polar surface area (TPSA) is 99.2 Å². The van der Waals surface area contributed by atoms with Gasteiger partial charge in [0.05, 0.1) is 29.3 Å². The Morgan fingerprint density at radius 3 is 2.48 bits per heavy atom. The molecule has 10 heteroatoms. The number of carbonyl (C=O) groups excluding carboxylic acids is 2. The Balaban J connectivity index is 1.48. The van der Waals surface area contributed by atoms with E-state index in [1.165, 1.54) is 12.1 Å². The van der Waals surface area contributed by atoms with Gasteiger partial charge in [-0.25, -0.2) is 18.7 Å². The number of halogens is 2. The Morgan fingerprint density at radius 2 is 1.73 bits per heavy atom. The van der Waals surface area contributed by atoms with E-state index in [0.29, 0.717) is 0 Å². The maximum Gasteiger partial charge on any atom is 0.274 e. The molecule has 4 rings (SSSR count). The summed E-state index contributed by atoms with van der Waals surface area (Å²) in [5.74, 6) is -2.37. The third-order valence-electron chi connectivity index (χ3n) is 5.13. The SMILES string of the molecule is O=C(Nc1ccc(F)cc1C(=O)Nc1ccc(F)cn1)c1ccc(N2CCCNCC2)cn1. The van der Waals surface area contributed by atoms with Gasteiger partial charge in [-0.3, -0.25) is 9.59 Å². The summed E-state index contributed by atoms with van der Waals surface area (Å²) in [5.41, 5.74) is 1.07. The number of nitrogens with zero attached hydrogens (tertiary/aromatic N) is 3. The lowest BCUT2D eigenvalue weighted by Gasteiger charge is -2.21. The molecule has 170 valence electrons. The van der Waals surface area contributed by atoms with Gasteiger partial charge in [0.15, 0.2) is 0 Å². The van der Waals surface area contributed by atoms with E-state index in [0.717, 1.165) is 62.7 Å². The molecule has 2 amide bonds.